The number of fused-ring (bicyclic) bond motifs is 1. The first-order valence-corrected chi connectivity index (χ1v) is 12.3. The Morgan fingerprint density at radius 3 is 3.00 bits per heavy atom. The molecule has 1 atom stereocenters. The van der Waals surface area contributed by atoms with Crippen LogP contribution >= 0.6 is 11.8 Å². The van der Waals surface area contributed by atoms with Crippen LogP contribution in [-0.4, -0.2) is 44.8 Å². The number of H-pyrrole nitrogens is 1. The van der Waals surface area contributed by atoms with Crippen LogP contribution in [0.2, 0.25) is 0 Å². The third kappa shape index (κ3) is 4.54. The maximum absolute atomic E-state index is 5.97. The summed E-state index contributed by atoms with van der Waals surface area (Å²) in [5.74, 6) is 2.61. The fourth-order valence-corrected chi connectivity index (χ4v) is 4.92. The van der Waals surface area contributed by atoms with Gasteiger partial charge < -0.3 is 14.5 Å². The van der Waals surface area contributed by atoms with Crippen molar-refractivity contribution in [1.82, 2.24) is 19.7 Å². The molecule has 0 saturated carbocycles. The van der Waals surface area contributed by atoms with Crippen molar-refractivity contribution in [3.05, 3.63) is 60.3 Å². The molecule has 5 rings (SSSR count). The van der Waals surface area contributed by atoms with Gasteiger partial charge in [0.1, 0.15) is 5.75 Å². The second-order valence-electron chi connectivity index (χ2n) is 8.00. The highest BCUT2D eigenvalue weighted by atomic mass is 32.2. The number of aromatic amines is 1. The smallest absolute Gasteiger partial charge is 0.191 e. The Kier molecular flexibility index (Phi) is 6.46. The number of para-hydroxylation sites is 1. The van der Waals surface area contributed by atoms with Crippen LogP contribution in [0.1, 0.15) is 25.3 Å². The molecule has 0 spiro atoms. The van der Waals surface area contributed by atoms with E-state index in [4.69, 9.17) is 9.47 Å². The predicted octanol–water partition coefficient (Wildman–Crippen LogP) is 5.34. The number of hydrogen-bond donors (Lipinski definition) is 1. The summed E-state index contributed by atoms with van der Waals surface area (Å²) in [5.41, 5.74) is 3.46. The van der Waals surface area contributed by atoms with Gasteiger partial charge >= 0.3 is 0 Å². The Bertz CT molecular complexity index is 1180. The summed E-state index contributed by atoms with van der Waals surface area (Å²) in [6, 6.07) is 16.6. The Balaban J connectivity index is 1.33. The van der Waals surface area contributed by atoms with Crippen molar-refractivity contribution in [1.29, 1.82) is 0 Å². The molecule has 1 fully saturated rings. The molecule has 1 aliphatic heterocycles. The van der Waals surface area contributed by atoms with Gasteiger partial charge in [-0.15, -0.1) is 10.2 Å². The summed E-state index contributed by atoms with van der Waals surface area (Å²) in [6.45, 7) is 4.38. The van der Waals surface area contributed by atoms with E-state index in [-0.39, 0.29) is 6.10 Å². The zero-order valence-corrected chi connectivity index (χ0v) is 19.1. The molecule has 2 aromatic heterocycles. The van der Waals surface area contributed by atoms with E-state index in [9.17, 15) is 0 Å². The molecule has 1 aliphatic rings. The van der Waals surface area contributed by atoms with Gasteiger partial charge in [0.05, 0.1) is 19.3 Å². The number of nitrogens with one attached hydrogen (secondary N) is 1. The largest absolute Gasteiger partial charge is 0.493 e. The number of nitrogens with zero attached hydrogens (tertiary/aromatic N) is 3. The van der Waals surface area contributed by atoms with E-state index in [2.05, 4.69) is 57.0 Å². The van der Waals surface area contributed by atoms with Crippen molar-refractivity contribution in [3.63, 3.8) is 0 Å². The lowest BCUT2D eigenvalue weighted by Crippen LogP contribution is -2.17. The molecule has 7 heteroatoms. The Labute approximate surface area is 192 Å². The van der Waals surface area contributed by atoms with E-state index in [1.165, 1.54) is 5.56 Å². The lowest BCUT2D eigenvalue weighted by atomic mass is 10.1. The van der Waals surface area contributed by atoms with Gasteiger partial charge in [-0.2, -0.15) is 0 Å². The molecule has 0 radical (unpaired) electrons. The molecule has 1 unspecified atom stereocenters. The Hall–Kier alpha value is -2.77. The number of benzene rings is 2. The minimum atomic E-state index is 0.210. The van der Waals surface area contributed by atoms with Crippen LogP contribution in [0.4, 0.5) is 0 Å². The Morgan fingerprint density at radius 1 is 1.19 bits per heavy atom. The van der Waals surface area contributed by atoms with Crippen LogP contribution < -0.4 is 4.74 Å². The third-order valence-corrected chi connectivity index (χ3v) is 6.78. The molecule has 0 bridgehead atoms. The summed E-state index contributed by atoms with van der Waals surface area (Å²) in [4.78, 5) is 3.36. The van der Waals surface area contributed by atoms with Gasteiger partial charge in [-0.05, 0) is 43.0 Å². The van der Waals surface area contributed by atoms with Crippen LogP contribution in [-0.2, 0) is 17.7 Å². The van der Waals surface area contributed by atoms with E-state index < -0.39 is 0 Å². The van der Waals surface area contributed by atoms with Gasteiger partial charge in [-0.3, -0.25) is 4.57 Å². The lowest BCUT2D eigenvalue weighted by molar-refractivity contribution is 0.0953. The minimum Gasteiger partial charge on any atom is -0.493 e. The lowest BCUT2D eigenvalue weighted by Gasteiger charge is -2.14. The van der Waals surface area contributed by atoms with E-state index in [1.807, 2.05) is 24.4 Å². The molecular formula is C25H28N4O2S. The van der Waals surface area contributed by atoms with Crippen molar-refractivity contribution >= 4 is 22.7 Å². The maximum Gasteiger partial charge on any atom is 0.191 e. The zero-order valence-electron chi connectivity index (χ0n) is 18.3. The normalized spacial score (nSPS) is 16.1. The second-order valence-corrected chi connectivity index (χ2v) is 9.06. The molecule has 1 saturated heterocycles. The third-order valence-electron chi connectivity index (χ3n) is 5.85. The standard InChI is InChI=1S/C25H28N4O2S/c1-2-18-7-5-8-19(15-18)31-13-14-32-25-28-27-24(29(25)17-20-9-6-12-30-20)22-16-26-23-11-4-3-10-21(22)23/h3-5,7-8,10-11,15-16,20,26H,2,6,9,12-14,17H2,1H3. The fourth-order valence-electron chi connectivity index (χ4n) is 4.16. The van der Waals surface area contributed by atoms with Crippen molar-refractivity contribution < 1.29 is 9.47 Å². The number of ether oxygens (including phenoxy) is 2. The average molecular weight is 449 g/mol. The zero-order chi connectivity index (χ0) is 21.8. The summed E-state index contributed by atoms with van der Waals surface area (Å²) >= 11 is 1.68. The maximum atomic E-state index is 5.97. The highest BCUT2D eigenvalue weighted by molar-refractivity contribution is 7.99. The van der Waals surface area contributed by atoms with Gasteiger partial charge in [0.15, 0.2) is 11.0 Å². The molecule has 2 aromatic carbocycles. The van der Waals surface area contributed by atoms with Crippen LogP contribution in [0.3, 0.4) is 0 Å². The monoisotopic (exact) mass is 448 g/mol. The van der Waals surface area contributed by atoms with Gasteiger partial charge in [-0.25, -0.2) is 0 Å². The van der Waals surface area contributed by atoms with Crippen LogP contribution in [0.15, 0.2) is 59.9 Å². The topological polar surface area (TPSA) is 65.0 Å². The van der Waals surface area contributed by atoms with Crippen molar-refractivity contribution in [2.45, 2.75) is 44.0 Å². The highest BCUT2D eigenvalue weighted by Crippen LogP contribution is 2.31. The number of aromatic nitrogens is 4. The molecule has 4 aromatic rings. The predicted molar refractivity (Wildman–Crippen MR) is 128 cm³/mol. The van der Waals surface area contributed by atoms with Gasteiger partial charge in [-0.1, -0.05) is 49.0 Å². The first kappa shape index (κ1) is 21.1. The van der Waals surface area contributed by atoms with Crippen molar-refractivity contribution in [2.75, 3.05) is 19.0 Å². The first-order chi connectivity index (χ1) is 15.8. The van der Waals surface area contributed by atoms with Gasteiger partial charge in [0, 0.05) is 35.0 Å². The van der Waals surface area contributed by atoms with Gasteiger partial charge in [0.25, 0.3) is 0 Å². The van der Waals surface area contributed by atoms with Crippen LogP contribution in [0.5, 0.6) is 5.75 Å². The van der Waals surface area contributed by atoms with E-state index in [0.29, 0.717) is 6.61 Å². The summed E-state index contributed by atoms with van der Waals surface area (Å²) in [5, 5.41) is 11.2. The number of hydrogen-bond acceptors (Lipinski definition) is 5. The molecule has 1 N–H and O–H groups in total. The van der Waals surface area contributed by atoms with Crippen molar-refractivity contribution in [2.24, 2.45) is 0 Å². The molecule has 6 nitrogen and oxygen atoms in total. The number of thioether (sulfide) groups is 1. The van der Waals surface area contributed by atoms with Crippen LogP contribution in [0.25, 0.3) is 22.3 Å². The molecule has 3 heterocycles. The van der Waals surface area contributed by atoms with Crippen LogP contribution in [0, 0.1) is 0 Å². The van der Waals surface area contributed by atoms with E-state index >= 15 is 0 Å². The summed E-state index contributed by atoms with van der Waals surface area (Å²) < 4.78 is 14.1. The molecule has 0 amide bonds. The SMILES string of the molecule is CCc1cccc(OCCSc2nnc(-c3c[nH]c4ccccc34)n2CC2CCCO2)c1. The average Bonchev–Trinajstić information content (AvgIpc) is 3.58. The molecular weight excluding hydrogens is 420 g/mol. The number of rotatable bonds is 9. The molecule has 32 heavy (non-hydrogen) atoms. The fraction of sp³-hybridized carbons (Fsp3) is 0.360. The highest BCUT2D eigenvalue weighted by Gasteiger charge is 2.23. The van der Waals surface area contributed by atoms with E-state index in [0.717, 1.165) is 71.4 Å². The first-order valence-electron chi connectivity index (χ1n) is 11.3. The number of aryl methyl sites for hydroxylation is 1. The molecule has 166 valence electrons. The quantitative estimate of drug-likeness (QED) is 0.277. The van der Waals surface area contributed by atoms with Crippen molar-refractivity contribution in [3.8, 4) is 17.1 Å². The Morgan fingerprint density at radius 2 is 2.12 bits per heavy atom. The summed E-state index contributed by atoms with van der Waals surface area (Å²) in [7, 11) is 0. The van der Waals surface area contributed by atoms with Gasteiger partial charge in [0.2, 0.25) is 0 Å². The minimum absolute atomic E-state index is 0.210. The van der Waals surface area contributed by atoms with E-state index in [1.54, 1.807) is 11.8 Å². The second kappa shape index (κ2) is 9.79. The summed E-state index contributed by atoms with van der Waals surface area (Å²) in [6.07, 6.45) is 5.44. The molecule has 0 aliphatic carbocycles.